The first-order valence-corrected chi connectivity index (χ1v) is 10.4. The molecule has 164 valence electrons. The van der Waals surface area contributed by atoms with Crippen LogP contribution in [0.4, 0.5) is 19.3 Å². The van der Waals surface area contributed by atoms with Crippen LogP contribution in [-0.2, 0) is 13.0 Å². The first-order chi connectivity index (χ1) is 13.8. The second-order valence-electron chi connectivity index (χ2n) is 10.3. The summed E-state index contributed by atoms with van der Waals surface area (Å²) in [5.41, 5.74) is 2.50. The van der Waals surface area contributed by atoms with E-state index in [9.17, 15) is 13.6 Å². The maximum atomic E-state index is 14.0. The van der Waals surface area contributed by atoms with E-state index in [1.807, 2.05) is 12.1 Å². The predicted molar refractivity (Wildman–Crippen MR) is 119 cm³/mol. The van der Waals surface area contributed by atoms with Crippen molar-refractivity contribution in [2.24, 2.45) is 10.8 Å². The van der Waals surface area contributed by atoms with Crippen molar-refractivity contribution in [2.45, 2.75) is 60.9 Å². The third-order valence-corrected chi connectivity index (χ3v) is 4.72. The Labute approximate surface area is 179 Å². The summed E-state index contributed by atoms with van der Waals surface area (Å²) >= 11 is 0. The molecule has 5 heteroatoms. The lowest BCUT2D eigenvalue weighted by Crippen LogP contribution is -2.36. The minimum atomic E-state index is -0.786. The summed E-state index contributed by atoms with van der Waals surface area (Å²) in [6.07, 6.45) is 1.78. The normalized spacial score (nSPS) is 12.0. The monoisotopic (exact) mass is 416 g/mol. The number of benzene rings is 2. The molecule has 0 saturated carbocycles. The molecule has 0 saturated heterocycles. The number of hydrogen-bond donors (Lipinski definition) is 1. The van der Waals surface area contributed by atoms with E-state index in [1.165, 1.54) is 11.6 Å². The van der Waals surface area contributed by atoms with Crippen molar-refractivity contribution in [3.8, 4) is 0 Å². The van der Waals surface area contributed by atoms with E-state index < -0.39 is 17.7 Å². The molecular formula is C25H34F2N2O. The van der Waals surface area contributed by atoms with Crippen molar-refractivity contribution in [3.63, 3.8) is 0 Å². The second-order valence-corrected chi connectivity index (χ2v) is 10.3. The molecule has 1 N–H and O–H groups in total. The summed E-state index contributed by atoms with van der Waals surface area (Å²) in [4.78, 5) is 14.6. The average molecular weight is 417 g/mol. The highest BCUT2D eigenvalue weighted by atomic mass is 19.1. The molecular weight excluding hydrogens is 382 g/mol. The fourth-order valence-electron chi connectivity index (χ4n) is 3.10. The van der Waals surface area contributed by atoms with Crippen LogP contribution in [0.2, 0.25) is 0 Å². The number of carbonyl (C=O) groups excluding carboxylic acids is 1. The van der Waals surface area contributed by atoms with Crippen LogP contribution in [-0.4, -0.2) is 17.5 Å². The largest absolute Gasteiger partial charge is 0.322 e. The van der Waals surface area contributed by atoms with Crippen molar-refractivity contribution >= 4 is 11.7 Å². The zero-order chi connectivity index (χ0) is 22.5. The van der Waals surface area contributed by atoms with Crippen LogP contribution < -0.4 is 5.32 Å². The van der Waals surface area contributed by atoms with E-state index in [-0.39, 0.29) is 16.5 Å². The molecule has 0 spiro atoms. The van der Waals surface area contributed by atoms with Gasteiger partial charge in [-0.05, 0) is 46.9 Å². The molecule has 0 radical (unpaired) electrons. The molecule has 0 bridgehead atoms. The number of nitrogens with one attached hydrogen (secondary N) is 1. The SMILES string of the molecule is CC(C)(C)CCN(Cc1ccc(CC(C)(C)C)cc1)C(=O)Nc1ccc(F)cc1F. The number of nitrogens with zero attached hydrogens (tertiary/aromatic N) is 1. The molecule has 0 fully saturated rings. The summed E-state index contributed by atoms with van der Waals surface area (Å²) in [6, 6.07) is 11.0. The van der Waals surface area contributed by atoms with Gasteiger partial charge in [-0.3, -0.25) is 0 Å². The van der Waals surface area contributed by atoms with E-state index >= 15 is 0 Å². The van der Waals surface area contributed by atoms with Crippen LogP contribution in [0, 0.1) is 22.5 Å². The zero-order valence-electron chi connectivity index (χ0n) is 19.0. The van der Waals surface area contributed by atoms with Crippen LogP contribution in [0.5, 0.6) is 0 Å². The van der Waals surface area contributed by atoms with Gasteiger partial charge in [-0.15, -0.1) is 0 Å². The van der Waals surface area contributed by atoms with Crippen LogP contribution in [0.1, 0.15) is 59.1 Å². The van der Waals surface area contributed by atoms with Crippen molar-refractivity contribution in [3.05, 3.63) is 65.2 Å². The molecule has 2 rings (SSSR count). The maximum absolute atomic E-state index is 14.0. The first kappa shape index (κ1) is 23.8. The Bertz CT molecular complexity index is 849. The molecule has 30 heavy (non-hydrogen) atoms. The van der Waals surface area contributed by atoms with Gasteiger partial charge in [0, 0.05) is 19.2 Å². The van der Waals surface area contributed by atoms with Crippen molar-refractivity contribution in [2.75, 3.05) is 11.9 Å². The molecule has 0 aliphatic rings. The lowest BCUT2D eigenvalue weighted by molar-refractivity contribution is 0.198. The summed E-state index contributed by atoms with van der Waals surface area (Å²) in [7, 11) is 0. The average Bonchev–Trinajstić information content (AvgIpc) is 2.60. The molecule has 3 nitrogen and oxygen atoms in total. The minimum absolute atomic E-state index is 0.0253. The number of rotatable bonds is 6. The van der Waals surface area contributed by atoms with Gasteiger partial charge in [0.2, 0.25) is 0 Å². The van der Waals surface area contributed by atoms with E-state index in [1.54, 1.807) is 4.90 Å². The number of halogens is 2. The summed E-state index contributed by atoms with van der Waals surface area (Å²) in [5.74, 6) is -1.46. The highest BCUT2D eigenvalue weighted by molar-refractivity contribution is 5.89. The second kappa shape index (κ2) is 9.59. The molecule has 2 amide bonds. The first-order valence-electron chi connectivity index (χ1n) is 10.4. The van der Waals surface area contributed by atoms with E-state index in [2.05, 4.69) is 59.0 Å². The molecule has 2 aromatic carbocycles. The minimum Gasteiger partial charge on any atom is -0.320 e. The Hall–Kier alpha value is -2.43. The Kier molecular flexibility index (Phi) is 7.62. The van der Waals surface area contributed by atoms with Gasteiger partial charge in [0.25, 0.3) is 0 Å². The topological polar surface area (TPSA) is 32.3 Å². The Morgan fingerprint density at radius 1 is 0.900 bits per heavy atom. The quantitative estimate of drug-likeness (QED) is 0.539. The van der Waals surface area contributed by atoms with Crippen LogP contribution in [0.3, 0.4) is 0 Å². The molecule has 0 aliphatic carbocycles. The van der Waals surface area contributed by atoms with Crippen LogP contribution in [0.15, 0.2) is 42.5 Å². The van der Waals surface area contributed by atoms with E-state index in [4.69, 9.17) is 0 Å². The molecule has 0 aliphatic heterocycles. The predicted octanol–water partition coefficient (Wildman–Crippen LogP) is 7.02. The fourth-order valence-corrected chi connectivity index (χ4v) is 3.10. The third-order valence-electron chi connectivity index (χ3n) is 4.72. The lowest BCUT2D eigenvalue weighted by Gasteiger charge is -2.27. The maximum Gasteiger partial charge on any atom is 0.322 e. The van der Waals surface area contributed by atoms with Crippen LogP contribution in [0.25, 0.3) is 0 Å². The van der Waals surface area contributed by atoms with E-state index in [0.717, 1.165) is 30.5 Å². The summed E-state index contributed by atoms with van der Waals surface area (Å²) < 4.78 is 27.1. The molecule has 2 aromatic rings. The molecule has 0 unspecified atom stereocenters. The Morgan fingerprint density at radius 3 is 2.03 bits per heavy atom. The standard InChI is InChI=1S/C25H34F2N2O/c1-24(2,3)13-14-29(23(30)28-22-12-11-20(26)15-21(22)27)17-19-9-7-18(8-10-19)16-25(4,5)6/h7-12,15H,13-14,16-17H2,1-6H3,(H,28,30). The number of hydrogen-bond acceptors (Lipinski definition) is 1. The zero-order valence-corrected chi connectivity index (χ0v) is 19.0. The van der Waals surface area contributed by atoms with Gasteiger partial charge in [0.15, 0.2) is 0 Å². The Morgan fingerprint density at radius 2 is 1.50 bits per heavy atom. The molecule has 0 heterocycles. The smallest absolute Gasteiger partial charge is 0.320 e. The summed E-state index contributed by atoms with van der Waals surface area (Å²) in [6.45, 7) is 13.9. The molecule has 0 aromatic heterocycles. The third kappa shape index (κ3) is 8.13. The van der Waals surface area contributed by atoms with Crippen molar-refractivity contribution in [1.82, 2.24) is 4.90 Å². The van der Waals surface area contributed by atoms with Gasteiger partial charge in [-0.25, -0.2) is 13.6 Å². The van der Waals surface area contributed by atoms with Gasteiger partial charge >= 0.3 is 6.03 Å². The number of urea groups is 1. The van der Waals surface area contributed by atoms with Gasteiger partial charge < -0.3 is 10.2 Å². The van der Waals surface area contributed by atoms with Gasteiger partial charge in [-0.1, -0.05) is 65.8 Å². The fraction of sp³-hybridized carbons (Fsp3) is 0.480. The number of amides is 2. The van der Waals surface area contributed by atoms with E-state index in [0.29, 0.717) is 13.1 Å². The highest BCUT2D eigenvalue weighted by Gasteiger charge is 2.20. The van der Waals surface area contributed by atoms with Crippen LogP contribution >= 0.6 is 0 Å². The van der Waals surface area contributed by atoms with Gasteiger partial charge in [0.05, 0.1) is 5.69 Å². The highest BCUT2D eigenvalue weighted by Crippen LogP contribution is 2.23. The van der Waals surface area contributed by atoms with Crippen molar-refractivity contribution < 1.29 is 13.6 Å². The Balaban J connectivity index is 2.14. The number of carbonyl (C=O) groups is 1. The van der Waals surface area contributed by atoms with Crippen molar-refractivity contribution in [1.29, 1.82) is 0 Å². The molecule has 0 atom stereocenters. The van der Waals surface area contributed by atoms with Gasteiger partial charge in [-0.2, -0.15) is 0 Å². The lowest BCUT2D eigenvalue weighted by atomic mass is 9.88. The summed E-state index contributed by atoms with van der Waals surface area (Å²) in [5, 5.41) is 2.58. The number of anilines is 1. The van der Waals surface area contributed by atoms with Gasteiger partial charge in [0.1, 0.15) is 11.6 Å².